The van der Waals surface area contributed by atoms with Crippen molar-refractivity contribution in [2.75, 3.05) is 65.7 Å². The summed E-state index contributed by atoms with van der Waals surface area (Å²) in [6.45, 7) is 8.42. The van der Waals surface area contributed by atoms with Gasteiger partial charge in [0, 0.05) is 31.9 Å². The summed E-state index contributed by atoms with van der Waals surface area (Å²) in [5.74, 6) is -1.46. The van der Waals surface area contributed by atoms with E-state index in [1.54, 1.807) is 20.8 Å². The summed E-state index contributed by atoms with van der Waals surface area (Å²) in [5.41, 5.74) is 0. The molecule has 13 nitrogen and oxygen atoms in total. The van der Waals surface area contributed by atoms with Gasteiger partial charge in [0.25, 0.3) is 0 Å². The van der Waals surface area contributed by atoms with Gasteiger partial charge in [0.15, 0.2) is 0 Å². The van der Waals surface area contributed by atoms with Crippen molar-refractivity contribution in [3.63, 3.8) is 0 Å². The number of carbonyl (C=O) groups excluding carboxylic acids is 4. The Morgan fingerprint density at radius 1 is 0.634 bits per heavy atom. The second kappa shape index (κ2) is 26.4. The minimum absolute atomic E-state index is 0. The molecule has 0 radical (unpaired) electrons. The van der Waals surface area contributed by atoms with Crippen LogP contribution in [-0.4, -0.2) is 114 Å². The van der Waals surface area contributed by atoms with Crippen LogP contribution in [0.1, 0.15) is 52.7 Å². The van der Waals surface area contributed by atoms with Crippen LogP contribution in [0.15, 0.2) is 0 Å². The predicted molar refractivity (Wildman–Crippen MR) is 162 cm³/mol. The van der Waals surface area contributed by atoms with E-state index >= 15 is 0 Å². The zero-order chi connectivity index (χ0) is 30.9. The van der Waals surface area contributed by atoms with E-state index in [2.05, 4.69) is 26.6 Å². The first-order valence-corrected chi connectivity index (χ1v) is 16.7. The number of hydrogen-bond acceptors (Lipinski definition) is 8. The average Bonchev–Trinajstić information content (AvgIpc) is 2.97. The molecule has 0 saturated carbocycles. The molecule has 0 unspecified atom stereocenters. The van der Waals surface area contributed by atoms with Crippen LogP contribution < -0.4 is 0 Å². The minimum atomic E-state index is -0.473. The van der Waals surface area contributed by atoms with Gasteiger partial charge in [-0.15, -0.1) is 24.2 Å². The fourth-order valence-electron chi connectivity index (χ4n) is 3.10. The third kappa shape index (κ3) is 23.0. The van der Waals surface area contributed by atoms with Crippen LogP contribution in [0.25, 0.3) is 26.6 Å². The van der Waals surface area contributed by atoms with Gasteiger partial charge in [-0.25, -0.2) is 0 Å². The first-order valence-electron chi connectivity index (χ1n) is 13.5. The molecule has 1 aliphatic heterocycles. The summed E-state index contributed by atoms with van der Waals surface area (Å²) in [6.07, 6.45) is 0.742. The van der Waals surface area contributed by atoms with Gasteiger partial charge in [-0.1, -0.05) is 20.8 Å². The molecule has 0 bridgehead atoms. The Bertz CT molecular complexity index is 764. The second-order valence-corrected chi connectivity index (χ2v) is 10.7. The molecule has 1 heterocycles. The fraction of sp³-hybridized carbons (Fsp3) is 0.840. The molecule has 0 N–H and O–H groups in total. The third-order valence-corrected chi connectivity index (χ3v) is 5.36. The molecular weight excluding hydrogens is 624 g/mol. The molecule has 1 rings (SSSR count). The van der Waals surface area contributed by atoms with E-state index in [0.717, 1.165) is 0 Å². The second-order valence-electron chi connectivity index (χ2n) is 8.71. The zero-order valence-electron chi connectivity index (χ0n) is 24.1. The van der Waals surface area contributed by atoms with E-state index in [1.165, 1.54) is 6.92 Å². The van der Waals surface area contributed by atoms with Crippen LogP contribution in [0, 0.1) is 0 Å². The maximum absolute atomic E-state index is 11.7. The van der Waals surface area contributed by atoms with Gasteiger partial charge in [0.2, 0.25) is 0 Å². The van der Waals surface area contributed by atoms with E-state index in [-0.39, 0.29) is 102 Å². The van der Waals surface area contributed by atoms with Crippen LogP contribution in [0.5, 0.6) is 0 Å². The standard InChI is InChI=1S/C25H42N5O8.2ClH.Mn.4H2/c1-5-23(32)36-15-19-10-26-8-9-27-20(16-37-24(33)6-2)11-29-21(14-35-18(4)31)12-30-22(13-28-19)17-38-25(34)7-3;;;;;;;/h19-22H,5-17H2,1-4H3;2*1H;;4*1H/q-5;;;+2;;;;/p-2/t19-,20+,21-,22+;;;;;;;/m0......./s1. The Morgan fingerprint density at radius 2 is 0.976 bits per heavy atom. The minimum Gasteiger partial charge on any atom is 0 e. The Kier molecular flexibility index (Phi) is 25.6. The van der Waals surface area contributed by atoms with E-state index in [0.29, 0.717) is 19.6 Å². The molecule has 0 aromatic rings. The fourth-order valence-corrected chi connectivity index (χ4v) is 3.10. The van der Waals surface area contributed by atoms with Crippen molar-refractivity contribution in [1.82, 2.24) is 0 Å². The van der Waals surface area contributed by atoms with Gasteiger partial charge in [-0.3, -0.25) is 19.2 Å². The summed E-state index contributed by atoms with van der Waals surface area (Å²) < 4.78 is 21.0. The topological polar surface area (TPSA) is 176 Å². The summed E-state index contributed by atoms with van der Waals surface area (Å²) >= 11 is 0.00694. The molecule has 0 aromatic heterocycles. The number of nitrogens with zero attached hydrogens (tertiary/aromatic N) is 5. The SMILES string of the molecule is CCC(=O)OC[C@H]1C[N-][C@H](COC(C)=O)C[N-][C@@H](COC(=O)CC)C[N-][C@H](COC(=O)CC)C[N-]CC[N-]1.[Cl][Mn][Cl].[HH].[HH].[HH].[HH]. The van der Waals surface area contributed by atoms with Crippen molar-refractivity contribution in [3.8, 4) is 0 Å². The maximum atomic E-state index is 11.7. The van der Waals surface area contributed by atoms with Crippen LogP contribution in [0.3, 0.4) is 0 Å². The molecule has 41 heavy (non-hydrogen) atoms. The Hall–Kier alpha value is -1.22. The van der Waals surface area contributed by atoms with E-state index in [1.807, 2.05) is 0 Å². The summed E-state index contributed by atoms with van der Waals surface area (Å²) in [4.78, 5) is 46.5. The molecular formula is C25H50Cl2MnN5O8-5. The monoisotopic (exact) mass is 673 g/mol. The molecule has 1 aliphatic rings. The van der Waals surface area contributed by atoms with Crippen molar-refractivity contribution < 1.29 is 57.0 Å². The normalized spacial score (nSPS) is 22.5. The molecule has 4 atom stereocenters. The molecule has 0 aliphatic carbocycles. The number of ether oxygens (including phenoxy) is 4. The number of halogens is 2. The van der Waals surface area contributed by atoms with Crippen molar-refractivity contribution in [2.45, 2.75) is 71.1 Å². The first kappa shape index (κ1) is 39.8. The number of rotatable bonds is 11. The molecule has 249 valence electrons. The van der Waals surface area contributed by atoms with Gasteiger partial charge in [0.1, 0.15) is 0 Å². The Balaban J connectivity index is -0.000000730. The molecule has 0 spiro atoms. The molecule has 0 amide bonds. The Morgan fingerprint density at radius 3 is 1.34 bits per heavy atom. The van der Waals surface area contributed by atoms with Gasteiger partial charge in [0.05, 0.1) is 26.4 Å². The van der Waals surface area contributed by atoms with Gasteiger partial charge >= 0.3 is 57.2 Å². The zero-order valence-corrected chi connectivity index (χ0v) is 26.8. The maximum Gasteiger partial charge on any atom is 0 e. The summed E-state index contributed by atoms with van der Waals surface area (Å²) in [6, 6.07) is -1.73. The molecule has 0 aromatic carbocycles. The van der Waals surface area contributed by atoms with Crippen molar-refractivity contribution in [2.24, 2.45) is 0 Å². The first-order chi connectivity index (χ1) is 19.7. The van der Waals surface area contributed by atoms with E-state index < -0.39 is 30.1 Å². The van der Waals surface area contributed by atoms with Gasteiger partial charge in [-0.05, 0) is 0 Å². The molecule has 16 heteroatoms. The van der Waals surface area contributed by atoms with Gasteiger partial charge < -0.3 is 45.5 Å². The largest absolute Gasteiger partial charge is 0 e. The van der Waals surface area contributed by atoms with Gasteiger partial charge in [-0.2, -0.15) is 39.3 Å². The number of hydrogen-bond donors (Lipinski definition) is 0. The number of carbonyl (C=O) groups is 4. The van der Waals surface area contributed by atoms with Crippen LogP contribution >= 0.6 is 20.2 Å². The van der Waals surface area contributed by atoms with Crippen LogP contribution in [0.4, 0.5) is 0 Å². The van der Waals surface area contributed by atoms with Crippen molar-refractivity contribution in [3.05, 3.63) is 26.6 Å². The summed E-state index contributed by atoms with van der Waals surface area (Å²) in [7, 11) is 9.59. The van der Waals surface area contributed by atoms with E-state index in [4.69, 9.17) is 39.1 Å². The van der Waals surface area contributed by atoms with E-state index in [9.17, 15) is 19.2 Å². The predicted octanol–water partition coefficient (Wildman–Crippen LogP) is 5.13. The Labute approximate surface area is 264 Å². The van der Waals surface area contributed by atoms with Crippen LogP contribution in [-0.2, 0) is 51.3 Å². The smallest absolute Gasteiger partial charge is 0 e. The van der Waals surface area contributed by atoms with Crippen LogP contribution in [0.2, 0.25) is 0 Å². The summed E-state index contributed by atoms with van der Waals surface area (Å²) in [5, 5.41) is 23.0. The average molecular weight is 675 g/mol. The third-order valence-electron chi connectivity index (χ3n) is 5.36. The quantitative estimate of drug-likeness (QED) is 0.165. The van der Waals surface area contributed by atoms with Crippen molar-refractivity contribution >= 4 is 44.1 Å². The molecule has 1 fully saturated rings. The van der Waals surface area contributed by atoms with Crippen molar-refractivity contribution in [1.29, 1.82) is 0 Å². The number of esters is 4. The molecule has 1 saturated heterocycles.